The Morgan fingerprint density at radius 1 is 1.43 bits per heavy atom. The molecule has 0 aromatic heterocycles. The molecule has 1 saturated heterocycles. The van der Waals surface area contributed by atoms with Crippen molar-refractivity contribution in [2.75, 3.05) is 18.0 Å². The van der Waals surface area contributed by atoms with Crippen molar-refractivity contribution in [2.24, 2.45) is 0 Å². The number of nitrogens with zero attached hydrogens (tertiary/aromatic N) is 1. The number of amides is 1. The molecule has 0 aliphatic carbocycles. The van der Waals surface area contributed by atoms with Gasteiger partial charge in [0, 0.05) is 19.2 Å². The van der Waals surface area contributed by atoms with Crippen molar-refractivity contribution >= 4 is 23.6 Å². The molecule has 21 heavy (non-hydrogen) atoms. The summed E-state index contributed by atoms with van der Waals surface area (Å²) in [4.78, 5) is 23.3. The molecule has 1 atom stereocenters. The van der Waals surface area contributed by atoms with E-state index >= 15 is 0 Å². The number of hydrogen-bond donors (Lipinski definition) is 2. The lowest BCUT2D eigenvalue weighted by Crippen LogP contribution is -2.54. The number of carbonyl (C=O) groups excluding carboxylic acids is 1. The first kappa shape index (κ1) is 15.0. The molecule has 0 radical (unpaired) electrons. The van der Waals surface area contributed by atoms with Crippen molar-refractivity contribution in [1.82, 2.24) is 5.32 Å². The normalized spacial score (nSPS) is 18.9. The molecule has 0 spiro atoms. The third-order valence-electron chi connectivity index (χ3n) is 3.24. The highest BCUT2D eigenvalue weighted by atomic mass is 19.1. The van der Waals surface area contributed by atoms with Crippen LogP contribution in [0, 0.1) is 11.6 Å². The third-order valence-corrected chi connectivity index (χ3v) is 3.24. The van der Waals surface area contributed by atoms with E-state index < -0.39 is 23.6 Å². The van der Waals surface area contributed by atoms with E-state index in [1.54, 1.807) is 6.92 Å². The van der Waals surface area contributed by atoms with E-state index in [0.717, 1.165) is 24.3 Å². The summed E-state index contributed by atoms with van der Waals surface area (Å²) in [5, 5.41) is 11.1. The van der Waals surface area contributed by atoms with Crippen LogP contribution in [0.4, 0.5) is 14.5 Å². The van der Waals surface area contributed by atoms with Gasteiger partial charge < -0.3 is 15.3 Å². The van der Waals surface area contributed by atoms with Crippen molar-refractivity contribution < 1.29 is 23.5 Å². The van der Waals surface area contributed by atoms with Gasteiger partial charge in [-0.2, -0.15) is 0 Å². The first-order valence-corrected chi connectivity index (χ1v) is 6.34. The molecule has 1 unspecified atom stereocenters. The minimum atomic E-state index is -1.21. The lowest BCUT2D eigenvalue weighted by atomic mass is 10.1. The molecule has 0 saturated carbocycles. The Labute approximate surface area is 119 Å². The molecule has 2 rings (SSSR count). The first-order chi connectivity index (χ1) is 9.90. The molecule has 1 fully saturated rings. The van der Waals surface area contributed by atoms with Gasteiger partial charge in [-0.15, -0.1) is 0 Å². The van der Waals surface area contributed by atoms with Gasteiger partial charge in [-0.05, 0) is 30.7 Å². The zero-order chi connectivity index (χ0) is 15.6. The maximum absolute atomic E-state index is 14.1. The minimum absolute atomic E-state index is 0.102. The van der Waals surface area contributed by atoms with Gasteiger partial charge in [-0.25, -0.2) is 13.6 Å². The standard InChI is InChI=1S/C14H14F2N2O3/c1-8-14(21)17-4-5-18(8)13-10(15)6-9(7-11(13)16)2-3-12(19)20/h2-3,6-8H,4-5H2,1H3,(H,17,21)(H,19,20). The first-order valence-electron chi connectivity index (χ1n) is 6.34. The van der Waals surface area contributed by atoms with Crippen LogP contribution >= 0.6 is 0 Å². The summed E-state index contributed by atoms with van der Waals surface area (Å²) in [5.41, 5.74) is -0.171. The molecule has 7 heteroatoms. The molecule has 2 N–H and O–H groups in total. The topological polar surface area (TPSA) is 69.6 Å². The predicted molar refractivity (Wildman–Crippen MR) is 72.8 cm³/mol. The Kier molecular flexibility index (Phi) is 4.21. The van der Waals surface area contributed by atoms with Crippen LogP contribution in [-0.2, 0) is 9.59 Å². The zero-order valence-electron chi connectivity index (χ0n) is 11.3. The monoisotopic (exact) mass is 296 g/mol. The summed E-state index contributed by atoms with van der Waals surface area (Å²) in [7, 11) is 0. The molecule has 1 aromatic rings. The molecule has 112 valence electrons. The highest BCUT2D eigenvalue weighted by Gasteiger charge is 2.29. The van der Waals surface area contributed by atoms with E-state index in [1.165, 1.54) is 4.90 Å². The molecule has 1 aliphatic heterocycles. The number of nitrogens with one attached hydrogen (secondary N) is 1. The second-order valence-electron chi connectivity index (χ2n) is 4.67. The fourth-order valence-electron chi connectivity index (χ4n) is 2.21. The van der Waals surface area contributed by atoms with Crippen LogP contribution in [0.15, 0.2) is 18.2 Å². The van der Waals surface area contributed by atoms with Crippen molar-refractivity contribution in [1.29, 1.82) is 0 Å². The van der Waals surface area contributed by atoms with E-state index in [1.807, 2.05) is 0 Å². The predicted octanol–water partition coefficient (Wildman–Crippen LogP) is 1.39. The maximum Gasteiger partial charge on any atom is 0.328 e. The van der Waals surface area contributed by atoms with Crippen LogP contribution in [0.3, 0.4) is 0 Å². The number of hydrogen-bond acceptors (Lipinski definition) is 3. The average molecular weight is 296 g/mol. The highest BCUT2D eigenvalue weighted by molar-refractivity contribution is 5.87. The lowest BCUT2D eigenvalue weighted by Gasteiger charge is -2.35. The summed E-state index contributed by atoms with van der Waals surface area (Å²) in [5.74, 6) is -3.17. The second kappa shape index (κ2) is 5.90. The number of carboxylic acids is 1. The molecule has 1 amide bonds. The van der Waals surface area contributed by atoms with Gasteiger partial charge in [0.2, 0.25) is 5.91 Å². The Morgan fingerprint density at radius 3 is 2.62 bits per heavy atom. The van der Waals surface area contributed by atoms with Crippen LogP contribution in [0.1, 0.15) is 12.5 Å². The van der Waals surface area contributed by atoms with E-state index in [-0.39, 0.29) is 17.2 Å². The van der Waals surface area contributed by atoms with Crippen molar-refractivity contribution in [2.45, 2.75) is 13.0 Å². The van der Waals surface area contributed by atoms with Gasteiger partial charge in [0.05, 0.1) is 0 Å². The maximum atomic E-state index is 14.1. The smallest absolute Gasteiger partial charge is 0.328 e. The fourth-order valence-corrected chi connectivity index (χ4v) is 2.21. The van der Waals surface area contributed by atoms with Crippen LogP contribution in [0.2, 0.25) is 0 Å². The highest BCUT2D eigenvalue weighted by Crippen LogP contribution is 2.28. The number of rotatable bonds is 3. The van der Waals surface area contributed by atoms with Crippen molar-refractivity contribution in [3.05, 3.63) is 35.4 Å². The Hall–Kier alpha value is -2.44. The summed E-state index contributed by atoms with van der Waals surface area (Å²) in [6, 6.07) is 1.40. The number of halogens is 2. The number of aliphatic carboxylic acids is 1. The molecule has 1 heterocycles. The largest absolute Gasteiger partial charge is 0.478 e. The zero-order valence-corrected chi connectivity index (χ0v) is 11.3. The molecule has 1 aromatic carbocycles. The number of benzene rings is 1. The summed E-state index contributed by atoms with van der Waals surface area (Å²) in [6.07, 6.45) is 1.90. The number of anilines is 1. The lowest BCUT2D eigenvalue weighted by molar-refractivity contribution is -0.131. The van der Waals surface area contributed by atoms with E-state index in [2.05, 4.69) is 5.32 Å². The number of carbonyl (C=O) groups is 2. The van der Waals surface area contributed by atoms with Crippen LogP contribution in [0.5, 0.6) is 0 Å². The van der Waals surface area contributed by atoms with E-state index in [0.29, 0.717) is 13.1 Å². The quantitative estimate of drug-likeness (QED) is 0.827. The van der Waals surface area contributed by atoms with Gasteiger partial charge >= 0.3 is 5.97 Å². The SMILES string of the molecule is CC1C(=O)NCCN1c1c(F)cc(C=CC(=O)O)cc1F. The van der Waals surface area contributed by atoms with E-state index in [9.17, 15) is 18.4 Å². The third kappa shape index (κ3) is 3.18. The fraction of sp³-hybridized carbons (Fsp3) is 0.286. The van der Waals surface area contributed by atoms with Crippen LogP contribution in [-0.4, -0.2) is 36.1 Å². The molecule has 1 aliphatic rings. The van der Waals surface area contributed by atoms with Crippen molar-refractivity contribution in [3.63, 3.8) is 0 Å². The molecule has 0 bridgehead atoms. The minimum Gasteiger partial charge on any atom is -0.478 e. The van der Waals surface area contributed by atoms with Crippen molar-refractivity contribution in [3.8, 4) is 0 Å². The van der Waals surface area contributed by atoms with Crippen LogP contribution < -0.4 is 10.2 Å². The number of piperazine rings is 1. The molecule has 5 nitrogen and oxygen atoms in total. The summed E-state index contributed by atoms with van der Waals surface area (Å²) < 4.78 is 28.3. The van der Waals surface area contributed by atoms with Crippen LogP contribution in [0.25, 0.3) is 6.08 Å². The molecular weight excluding hydrogens is 282 g/mol. The summed E-state index contributed by atoms with van der Waals surface area (Å²) in [6.45, 7) is 2.17. The summed E-state index contributed by atoms with van der Waals surface area (Å²) >= 11 is 0. The second-order valence-corrected chi connectivity index (χ2v) is 4.67. The van der Waals surface area contributed by atoms with Gasteiger partial charge in [0.25, 0.3) is 0 Å². The average Bonchev–Trinajstić information content (AvgIpc) is 2.40. The van der Waals surface area contributed by atoms with E-state index in [4.69, 9.17) is 5.11 Å². The Bertz CT molecular complexity index is 593. The molecular formula is C14H14F2N2O3. The Morgan fingerprint density at radius 2 is 2.05 bits per heavy atom. The number of carboxylic acid groups (broad SMARTS) is 1. The van der Waals surface area contributed by atoms with Gasteiger partial charge in [0.15, 0.2) is 0 Å². The van der Waals surface area contributed by atoms with Gasteiger partial charge in [-0.3, -0.25) is 4.79 Å². The van der Waals surface area contributed by atoms with Gasteiger partial charge in [0.1, 0.15) is 23.4 Å². The van der Waals surface area contributed by atoms with Gasteiger partial charge in [-0.1, -0.05) is 0 Å². The Balaban J connectivity index is 2.37.